The van der Waals surface area contributed by atoms with Crippen molar-refractivity contribution < 1.29 is 19.1 Å². The number of ketones is 2. The average Bonchev–Trinajstić information content (AvgIpc) is 3.13. The van der Waals surface area contributed by atoms with Gasteiger partial charge in [-0.3, -0.25) is 14.4 Å². The summed E-state index contributed by atoms with van der Waals surface area (Å²) in [7, 11) is 1.65. The van der Waals surface area contributed by atoms with Gasteiger partial charge in [0, 0.05) is 36.7 Å². The molecule has 0 unspecified atom stereocenters. The third-order valence-corrected chi connectivity index (χ3v) is 4.54. The van der Waals surface area contributed by atoms with E-state index < -0.39 is 5.97 Å². The highest BCUT2D eigenvalue weighted by Gasteiger charge is 2.27. The number of ether oxygens (including phenoxy) is 1. The Morgan fingerprint density at radius 3 is 2.31 bits per heavy atom. The molecule has 4 rings (SSSR count). The van der Waals surface area contributed by atoms with E-state index in [0.29, 0.717) is 28.3 Å². The molecule has 1 aliphatic rings. The van der Waals surface area contributed by atoms with E-state index >= 15 is 0 Å². The summed E-state index contributed by atoms with van der Waals surface area (Å²) in [5.41, 5.74) is 3.72. The Balaban J connectivity index is 1.73. The first-order valence-electron chi connectivity index (χ1n) is 8.14. The predicted molar refractivity (Wildman–Crippen MR) is 95.5 cm³/mol. The van der Waals surface area contributed by atoms with Gasteiger partial charge in [0.15, 0.2) is 5.78 Å². The molecule has 5 nitrogen and oxygen atoms in total. The van der Waals surface area contributed by atoms with E-state index in [4.69, 9.17) is 4.74 Å². The van der Waals surface area contributed by atoms with E-state index in [1.54, 1.807) is 37.4 Å². The van der Waals surface area contributed by atoms with Gasteiger partial charge in [-0.05, 0) is 23.3 Å². The monoisotopic (exact) mass is 345 g/mol. The molecular weight excluding hydrogens is 330 g/mol. The van der Waals surface area contributed by atoms with Crippen LogP contribution in [0.4, 0.5) is 0 Å². The summed E-state index contributed by atoms with van der Waals surface area (Å²) in [6, 6.07) is 15.8. The van der Waals surface area contributed by atoms with Gasteiger partial charge in [-0.25, -0.2) is 0 Å². The lowest BCUT2D eigenvalue weighted by Gasteiger charge is -2.07. The van der Waals surface area contributed by atoms with E-state index in [9.17, 15) is 14.4 Å². The van der Waals surface area contributed by atoms with Crippen LogP contribution in [0.3, 0.4) is 0 Å². The zero-order valence-corrected chi connectivity index (χ0v) is 14.3. The quantitative estimate of drug-likeness (QED) is 0.422. The van der Waals surface area contributed by atoms with Crippen molar-refractivity contribution in [1.82, 2.24) is 4.57 Å². The Kier molecular flexibility index (Phi) is 3.58. The normalized spacial score (nSPS) is 11.8. The minimum Gasteiger partial charge on any atom is -0.409 e. The SMILES string of the molecule is CC(=O)Oc1ccc(C(=O)c2ccc3c(c2)C(=O)c2ccccc2-3)n1C. The Bertz CT molecular complexity index is 1090. The smallest absolute Gasteiger partial charge is 0.309 e. The number of hydrogen-bond donors (Lipinski definition) is 0. The summed E-state index contributed by atoms with van der Waals surface area (Å²) in [4.78, 5) is 36.6. The second-order valence-electron chi connectivity index (χ2n) is 6.17. The number of rotatable bonds is 3. The molecule has 3 aromatic rings. The van der Waals surface area contributed by atoms with Crippen molar-refractivity contribution in [3.05, 3.63) is 77.0 Å². The molecule has 5 heteroatoms. The van der Waals surface area contributed by atoms with E-state index in [-0.39, 0.29) is 11.6 Å². The van der Waals surface area contributed by atoms with Gasteiger partial charge < -0.3 is 9.30 Å². The summed E-state index contributed by atoms with van der Waals surface area (Å²) < 4.78 is 6.58. The molecule has 0 saturated carbocycles. The van der Waals surface area contributed by atoms with Gasteiger partial charge in [0.1, 0.15) is 0 Å². The van der Waals surface area contributed by atoms with Crippen LogP contribution in [0.2, 0.25) is 0 Å². The molecular formula is C21H15NO4. The molecule has 0 saturated heterocycles. The van der Waals surface area contributed by atoms with E-state index in [1.807, 2.05) is 24.3 Å². The van der Waals surface area contributed by atoms with Gasteiger partial charge in [-0.2, -0.15) is 0 Å². The maximum absolute atomic E-state index is 12.9. The van der Waals surface area contributed by atoms with Gasteiger partial charge in [0.05, 0.1) is 5.69 Å². The van der Waals surface area contributed by atoms with Crippen LogP contribution in [0.15, 0.2) is 54.6 Å². The van der Waals surface area contributed by atoms with Crippen molar-refractivity contribution in [3.63, 3.8) is 0 Å². The van der Waals surface area contributed by atoms with E-state index in [2.05, 4.69) is 0 Å². The lowest BCUT2D eigenvalue weighted by atomic mass is 10.0. The molecule has 0 amide bonds. The number of aromatic nitrogens is 1. The topological polar surface area (TPSA) is 65.4 Å². The Hall–Kier alpha value is -3.47. The van der Waals surface area contributed by atoms with Crippen LogP contribution in [0.25, 0.3) is 11.1 Å². The highest BCUT2D eigenvalue weighted by atomic mass is 16.5. The van der Waals surface area contributed by atoms with Crippen molar-refractivity contribution >= 4 is 17.5 Å². The third-order valence-electron chi connectivity index (χ3n) is 4.54. The molecule has 128 valence electrons. The molecule has 0 aliphatic heterocycles. The fourth-order valence-electron chi connectivity index (χ4n) is 3.29. The van der Waals surface area contributed by atoms with Gasteiger partial charge >= 0.3 is 5.97 Å². The van der Waals surface area contributed by atoms with Gasteiger partial charge in [0.2, 0.25) is 11.7 Å². The average molecular weight is 345 g/mol. The molecule has 26 heavy (non-hydrogen) atoms. The molecule has 1 aliphatic carbocycles. The molecule has 0 N–H and O–H groups in total. The Labute approximate surface area is 149 Å². The number of esters is 1. The molecule has 0 radical (unpaired) electrons. The number of carbonyl (C=O) groups excluding carboxylic acids is 3. The predicted octanol–water partition coefficient (Wildman–Crippen LogP) is 3.39. The van der Waals surface area contributed by atoms with Crippen LogP contribution < -0.4 is 4.74 Å². The zero-order valence-electron chi connectivity index (χ0n) is 14.3. The first-order chi connectivity index (χ1) is 12.5. The zero-order chi connectivity index (χ0) is 18.4. The summed E-state index contributed by atoms with van der Waals surface area (Å²) in [5, 5.41) is 0. The molecule has 1 aromatic heterocycles. The van der Waals surface area contributed by atoms with Crippen molar-refractivity contribution in [1.29, 1.82) is 0 Å². The number of carbonyl (C=O) groups is 3. The fourth-order valence-corrected chi connectivity index (χ4v) is 3.29. The van der Waals surface area contributed by atoms with Crippen molar-refractivity contribution in [2.75, 3.05) is 0 Å². The number of benzene rings is 2. The molecule has 0 bridgehead atoms. The maximum atomic E-state index is 12.9. The summed E-state index contributed by atoms with van der Waals surface area (Å²) >= 11 is 0. The van der Waals surface area contributed by atoms with Crippen LogP contribution in [0, 0.1) is 0 Å². The second kappa shape index (κ2) is 5.81. The molecule has 0 atom stereocenters. The first kappa shape index (κ1) is 16.0. The van der Waals surface area contributed by atoms with E-state index in [1.165, 1.54) is 11.5 Å². The highest BCUT2D eigenvalue weighted by molar-refractivity contribution is 6.22. The molecule has 0 spiro atoms. The molecule has 2 aromatic carbocycles. The summed E-state index contributed by atoms with van der Waals surface area (Å²) in [5.74, 6) is -0.466. The van der Waals surface area contributed by atoms with Crippen LogP contribution in [-0.2, 0) is 11.8 Å². The lowest BCUT2D eigenvalue weighted by molar-refractivity contribution is -0.132. The molecule has 1 heterocycles. The Morgan fingerprint density at radius 1 is 0.885 bits per heavy atom. The molecule has 0 fully saturated rings. The van der Waals surface area contributed by atoms with Gasteiger partial charge in [-0.15, -0.1) is 0 Å². The minimum absolute atomic E-state index is 0.0715. The first-order valence-corrected chi connectivity index (χ1v) is 8.14. The summed E-state index contributed by atoms with van der Waals surface area (Å²) in [6.45, 7) is 1.30. The standard InChI is InChI=1S/C21H15NO4/c1-12(23)26-19-10-9-18(22(19)2)20(24)13-7-8-15-14-5-3-4-6-16(14)21(25)17(15)11-13/h3-11H,1-2H3. The summed E-state index contributed by atoms with van der Waals surface area (Å²) in [6.07, 6.45) is 0. The Morgan fingerprint density at radius 2 is 1.58 bits per heavy atom. The van der Waals surface area contributed by atoms with Crippen LogP contribution >= 0.6 is 0 Å². The number of fused-ring (bicyclic) bond motifs is 3. The fraction of sp³-hybridized carbons (Fsp3) is 0.0952. The highest BCUT2D eigenvalue weighted by Crippen LogP contribution is 2.37. The second-order valence-corrected chi connectivity index (χ2v) is 6.17. The van der Waals surface area contributed by atoms with Gasteiger partial charge in [0.25, 0.3) is 0 Å². The third kappa shape index (κ3) is 2.37. The largest absolute Gasteiger partial charge is 0.409 e. The van der Waals surface area contributed by atoms with Crippen molar-refractivity contribution in [2.45, 2.75) is 6.92 Å². The van der Waals surface area contributed by atoms with Crippen molar-refractivity contribution in [2.24, 2.45) is 7.05 Å². The van der Waals surface area contributed by atoms with Gasteiger partial charge in [-0.1, -0.05) is 36.4 Å². The van der Waals surface area contributed by atoms with Crippen molar-refractivity contribution in [3.8, 4) is 17.0 Å². The van der Waals surface area contributed by atoms with Crippen LogP contribution in [-0.4, -0.2) is 22.1 Å². The lowest BCUT2D eigenvalue weighted by Crippen LogP contribution is -2.11. The maximum Gasteiger partial charge on any atom is 0.309 e. The van der Waals surface area contributed by atoms with E-state index in [0.717, 1.165) is 11.1 Å². The number of hydrogen-bond acceptors (Lipinski definition) is 4. The van der Waals surface area contributed by atoms with Crippen LogP contribution in [0.1, 0.15) is 38.9 Å². The van der Waals surface area contributed by atoms with Crippen LogP contribution in [0.5, 0.6) is 5.88 Å². The number of nitrogens with zero attached hydrogens (tertiary/aromatic N) is 1. The minimum atomic E-state index is -0.453.